The number of urea groups is 1. The SMILES string of the molecule is C[C@H](NC(=O)NC[C@@H](c1ccco1)N(C)C)[C@@H]1CCCO1. The number of nitrogens with zero attached hydrogens (tertiary/aromatic N) is 1. The van der Waals surface area contributed by atoms with Crippen LogP contribution in [0.5, 0.6) is 0 Å². The summed E-state index contributed by atoms with van der Waals surface area (Å²) in [6.45, 7) is 3.26. The molecule has 0 bridgehead atoms. The standard InChI is InChI=1S/C15H25N3O3/c1-11(13-6-4-8-20-13)17-15(19)16-10-12(18(2)3)14-7-5-9-21-14/h5,7,9,11-13H,4,6,8,10H2,1-3H3,(H2,16,17,19)/t11-,12-,13-/m0/s1. The molecule has 1 aromatic heterocycles. The van der Waals surface area contributed by atoms with Gasteiger partial charge < -0.3 is 19.8 Å². The van der Waals surface area contributed by atoms with Crippen LogP contribution in [0.2, 0.25) is 0 Å². The molecule has 3 atom stereocenters. The maximum absolute atomic E-state index is 12.0. The molecule has 1 fully saturated rings. The fraction of sp³-hybridized carbons (Fsp3) is 0.667. The highest BCUT2D eigenvalue weighted by atomic mass is 16.5. The van der Waals surface area contributed by atoms with Crippen molar-refractivity contribution in [2.24, 2.45) is 0 Å². The van der Waals surface area contributed by atoms with E-state index in [-0.39, 0.29) is 24.2 Å². The van der Waals surface area contributed by atoms with Gasteiger partial charge in [0, 0.05) is 13.2 Å². The number of hydrogen-bond acceptors (Lipinski definition) is 4. The van der Waals surface area contributed by atoms with E-state index in [1.165, 1.54) is 0 Å². The molecule has 1 saturated heterocycles. The molecule has 1 aromatic rings. The Bertz CT molecular complexity index is 427. The number of amides is 2. The van der Waals surface area contributed by atoms with Crippen LogP contribution < -0.4 is 10.6 Å². The van der Waals surface area contributed by atoms with E-state index in [0.29, 0.717) is 6.54 Å². The van der Waals surface area contributed by atoms with Gasteiger partial charge in [-0.1, -0.05) is 0 Å². The average molecular weight is 295 g/mol. The van der Waals surface area contributed by atoms with Crippen molar-refractivity contribution in [3.63, 3.8) is 0 Å². The second kappa shape index (κ2) is 7.47. The minimum Gasteiger partial charge on any atom is -0.468 e. The van der Waals surface area contributed by atoms with E-state index in [0.717, 1.165) is 25.2 Å². The normalized spacial score (nSPS) is 21.2. The molecule has 0 spiro atoms. The van der Waals surface area contributed by atoms with Crippen LogP contribution in [0.1, 0.15) is 31.6 Å². The topological polar surface area (TPSA) is 66.7 Å². The van der Waals surface area contributed by atoms with Gasteiger partial charge >= 0.3 is 6.03 Å². The van der Waals surface area contributed by atoms with Crippen molar-refractivity contribution in [1.82, 2.24) is 15.5 Å². The van der Waals surface area contributed by atoms with E-state index in [1.807, 2.05) is 38.1 Å². The summed E-state index contributed by atoms with van der Waals surface area (Å²) in [5, 5.41) is 5.84. The van der Waals surface area contributed by atoms with Gasteiger partial charge in [-0.15, -0.1) is 0 Å². The number of nitrogens with one attached hydrogen (secondary N) is 2. The Morgan fingerprint density at radius 2 is 2.33 bits per heavy atom. The molecule has 1 aliphatic heterocycles. The van der Waals surface area contributed by atoms with Crippen LogP contribution >= 0.6 is 0 Å². The number of rotatable bonds is 6. The zero-order valence-corrected chi connectivity index (χ0v) is 13.0. The summed E-state index contributed by atoms with van der Waals surface area (Å²) in [7, 11) is 3.92. The van der Waals surface area contributed by atoms with E-state index in [2.05, 4.69) is 10.6 Å². The van der Waals surface area contributed by atoms with Crippen molar-refractivity contribution < 1.29 is 13.9 Å². The summed E-state index contributed by atoms with van der Waals surface area (Å²) in [5.74, 6) is 0.840. The summed E-state index contributed by atoms with van der Waals surface area (Å²) in [5.41, 5.74) is 0. The highest BCUT2D eigenvalue weighted by Crippen LogP contribution is 2.18. The summed E-state index contributed by atoms with van der Waals surface area (Å²) in [6.07, 6.45) is 3.85. The first kappa shape index (κ1) is 15.9. The average Bonchev–Trinajstić information content (AvgIpc) is 3.12. The van der Waals surface area contributed by atoms with Gasteiger partial charge in [-0.2, -0.15) is 0 Å². The quantitative estimate of drug-likeness (QED) is 0.839. The monoisotopic (exact) mass is 295 g/mol. The first-order chi connectivity index (χ1) is 10.1. The number of likely N-dealkylation sites (N-methyl/N-ethyl adjacent to an activating group) is 1. The third-order valence-electron chi connectivity index (χ3n) is 3.83. The van der Waals surface area contributed by atoms with Crippen molar-refractivity contribution in [2.75, 3.05) is 27.2 Å². The third-order valence-corrected chi connectivity index (χ3v) is 3.83. The van der Waals surface area contributed by atoms with E-state index in [4.69, 9.17) is 9.15 Å². The van der Waals surface area contributed by atoms with Crippen molar-refractivity contribution in [2.45, 2.75) is 38.0 Å². The van der Waals surface area contributed by atoms with Crippen molar-refractivity contribution in [3.8, 4) is 0 Å². The van der Waals surface area contributed by atoms with Gasteiger partial charge in [0.2, 0.25) is 0 Å². The van der Waals surface area contributed by atoms with Crippen LogP contribution in [0.25, 0.3) is 0 Å². The predicted octanol–water partition coefficient (Wildman–Crippen LogP) is 1.75. The summed E-state index contributed by atoms with van der Waals surface area (Å²) in [6, 6.07) is 3.64. The van der Waals surface area contributed by atoms with Crippen LogP contribution in [-0.2, 0) is 4.74 Å². The van der Waals surface area contributed by atoms with Crippen LogP contribution in [0.4, 0.5) is 4.79 Å². The summed E-state index contributed by atoms with van der Waals surface area (Å²) < 4.78 is 11.0. The van der Waals surface area contributed by atoms with Crippen molar-refractivity contribution in [3.05, 3.63) is 24.2 Å². The van der Waals surface area contributed by atoms with Gasteiger partial charge in [0.1, 0.15) is 5.76 Å². The Balaban J connectivity index is 1.79. The molecular formula is C15H25N3O3. The third kappa shape index (κ3) is 4.47. The molecule has 6 nitrogen and oxygen atoms in total. The molecular weight excluding hydrogens is 270 g/mol. The Morgan fingerprint density at radius 3 is 2.90 bits per heavy atom. The first-order valence-electron chi connectivity index (χ1n) is 7.43. The smallest absolute Gasteiger partial charge is 0.315 e. The summed E-state index contributed by atoms with van der Waals surface area (Å²) >= 11 is 0. The predicted molar refractivity (Wildman–Crippen MR) is 80.1 cm³/mol. The molecule has 0 unspecified atom stereocenters. The first-order valence-corrected chi connectivity index (χ1v) is 7.43. The lowest BCUT2D eigenvalue weighted by Crippen LogP contribution is -2.47. The number of carbonyl (C=O) groups is 1. The van der Waals surface area contributed by atoms with Gasteiger partial charge in [-0.05, 0) is 46.0 Å². The minimum atomic E-state index is -0.170. The molecule has 0 aromatic carbocycles. The van der Waals surface area contributed by atoms with Crippen LogP contribution in [0, 0.1) is 0 Å². The molecule has 0 saturated carbocycles. The molecule has 1 aliphatic rings. The number of furan rings is 1. The number of hydrogen-bond donors (Lipinski definition) is 2. The lowest BCUT2D eigenvalue weighted by atomic mass is 10.1. The zero-order valence-electron chi connectivity index (χ0n) is 13.0. The second-order valence-corrected chi connectivity index (χ2v) is 5.69. The lowest BCUT2D eigenvalue weighted by molar-refractivity contribution is 0.0859. The number of carbonyl (C=O) groups excluding carboxylic acids is 1. The number of ether oxygens (including phenoxy) is 1. The Kier molecular flexibility index (Phi) is 5.64. The van der Waals surface area contributed by atoms with E-state index < -0.39 is 0 Å². The summed E-state index contributed by atoms with van der Waals surface area (Å²) in [4.78, 5) is 14.0. The van der Waals surface area contributed by atoms with Gasteiger partial charge in [0.25, 0.3) is 0 Å². The van der Waals surface area contributed by atoms with E-state index >= 15 is 0 Å². The molecule has 6 heteroatoms. The molecule has 2 N–H and O–H groups in total. The minimum absolute atomic E-state index is 0.0174. The molecule has 0 radical (unpaired) electrons. The molecule has 118 valence electrons. The largest absolute Gasteiger partial charge is 0.468 e. The molecule has 21 heavy (non-hydrogen) atoms. The fourth-order valence-corrected chi connectivity index (χ4v) is 2.56. The van der Waals surface area contributed by atoms with Crippen LogP contribution in [0.3, 0.4) is 0 Å². The van der Waals surface area contributed by atoms with Crippen LogP contribution in [-0.4, -0.2) is 50.3 Å². The van der Waals surface area contributed by atoms with Gasteiger partial charge in [-0.25, -0.2) is 4.79 Å². The van der Waals surface area contributed by atoms with Crippen LogP contribution in [0.15, 0.2) is 22.8 Å². The maximum Gasteiger partial charge on any atom is 0.315 e. The highest BCUT2D eigenvalue weighted by molar-refractivity contribution is 5.74. The second-order valence-electron chi connectivity index (χ2n) is 5.69. The highest BCUT2D eigenvalue weighted by Gasteiger charge is 2.24. The lowest BCUT2D eigenvalue weighted by Gasteiger charge is -2.24. The van der Waals surface area contributed by atoms with Gasteiger partial charge in [0.15, 0.2) is 0 Å². The molecule has 2 heterocycles. The van der Waals surface area contributed by atoms with Crippen molar-refractivity contribution in [1.29, 1.82) is 0 Å². The van der Waals surface area contributed by atoms with E-state index in [9.17, 15) is 4.79 Å². The maximum atomic E-state index is 12.0. The Hall–Kier alpha value is -1.53. The zero-order chi connectivity index (χ0) is 15.2. The Morgan fingerprint density at radius 1 is 1.52 bits per heavy atom. The van der Waals surface area contributed by atoms with Gasteiger partial charge in [0.05, 0.1) is 24.5 Å². The van der Waals surface area contributed by atoms with E-state index in [1.54, 1.807) is 6.26 Å². The van der Waals surface area contributed by atoms with Gasteiger partial charge in [-0.3, -0.25) is 4.90 Å². The molecule has 2 rings (SSSR count). The Labute approximate surface area is 125 Å². The molecule has 2 amide bonds. The fourth-order valence-electron chi connectivity index (χ4n) is 2.56. The van der Waals surface area contributed by atoms with Crippen molar-refractivity contribution >= 4 is 6.03 Å². The molecule has 0 aliphatic carbocycles.